The maximum atomic E-state index is 11.9. The Morgan fingerprint density at radius 2 is 2.20 bits per heavy atom. The number of thioether (sulfide) groups is 1. The van der Waals surface area contributed by atoms with Crippen LogP contribution in [0.2, 0.25) is 5.02 Å². The lowest BCUT2D eigenvalue weighted by Gasteiger charge is -2.06. The van der Waals surface area contributed by atoms with Gasteiger partial charge in [-0.2, -0.15) is 0 Å². The first-order chi connectivity index (χ1) is 9.58. The Balaban J connectivity index is 1.87. The Morgan fingerprint density at radius 1 is 1.40 bits per heavy atom. The molecule has 1 aromatic carbocycles. The van der Waals surface area contributed by atoms with Crippen molar-refractivity contribution in [2.24, 2.45) is 0 Å². The molecule has 0 bridgehead atoms. The molecule has 0 atom stereocenters. The lowest BCUT2D eigenvalue weighted by molar-refractivity contribution is -0.133. The molecule has 0 saturated carbocycles. The smallest absolute Gasteiger partial charge is 0.313 e. The molecule has 108 valence electrons. The molecule has 0 unspecified atom stereocenters. The Hall–Kier alpha value is -1.60. The quantitative estimate of drug-likeness (QED) is 0.776. The number of hydrogen-bond acceptors (Lipinski definition) is 5. The summed E-state index contributed by atoms with van der Waals surface area (Å²) in [6.07, 6.45) is 0. The fourth-order valence-electron chi connectivity index (χ4n) is 1.60. The highest BCUT2D eigenvalue weighted by atomic mass is 35.5. The number of nitrogens with one attached hydrogen (secondary N) is 1. The van der Waals surface area contributed by atoms with Crippen molar-refractivity contribution in [1.82, 2.24) is 5.32 Å². The van der Waals surface area contributed by atoms with Crippen molar-refractivity contribution >= 4 is 35.2 Å². The van der Waals surface area contributed by atoms with Crippen molar-refractivity contribution in [2.45, 2.75) is 0 Å². The van der Waals surface area contributed by atoms with Gasteiger partial charge in [-0.3, -0.25) is 9.59 Å². The first kappa shape index (κ1) is 14.8. The summed E-state index contributed by atoms with van der Waals surface area (Å²) in [6, 6.07) is 3.07. The van der Waals surface area contributed by atoms with Crippen LogP contribution in [0, 0.1) is 0 Å². The number of hydrogen-bond donors (Lipinski definition) is 2. The molecular formula is C12H12ClNO5S. The van der Waals surface area contributed by atoms with E-state index in [-0.39, 0.29) is 18.5 Å². The van der Waals surface area contributed by atoms with E-state index >= 15 is 0 Å². The van der Waals surface area contributed by atoms with Crippen LogP contribution in [-0.4, -0.2) is 41.8 Å². The van der Waals surface area contributed by atoms with Gasteiger partial charge in [0.1, 0.15) is 0 Å². The zero-order valence-corrected chi connectivity index (χ0v) is 11.9. The van der Waals surface area contributed by atoms with E-state index in [1.807, 2.05) is 0 Å². The number of carbonyl (C=O) groups is 2. The van der Waals surface area contributed by atoms with Crippen LogP contribution >= 0.6 is 23.4 Å². The van der Waals surface area contributed by atoms with Gasteiger partial charge >= 0.3 is 5.97 Å². The predicted octanol–water partition coefficient (Wildman–Crippen LogP) is 1.62. The Kier molecular flexibility index (Phi) is 4.97. The van der Waals surface area contributed by atoms with E-state index in [2.05, 4.69) is 5.32 Å². The molecule has 20 heavy (non-hydrogen) atoms. The molecule has 2 N–H and O–H groups in total. The van der Waals surface area contributed by atoms with Crippen molar-refractivity contribution in [3.63, 3.8) is 0 Å². The standard InChI is InChI=1S/C12H12ClNO5S/c13-8-3-7(4-9-11(8)19-6-18-9)12(17)14-1-2-20-5-10(15)16/h3-4H,1-2,5-6H2,(H,14,17)(H,15,16). The summed E-state index contributed by atoms with van der Waals surface area (Å²) in [7, 11) is 0. The van der Waals surface area contributed by atoms with Crippen LogP contribution in [0.15, 0.2) is 12.1 Å². The van der Waals surface area contributed by atoms with Crippen molar-refractivity contribution in [3.05, 3.63) is 22.7 Å². The average Bonchev–Trinajstić information content (AvgIpc) is 2.86. The second-order valence-corrected chi connectivity index (χ2v) is 5.41. The number of amides is 1. The maximum Gasteiger partial charge on any atom is 0.313 e. The zero-order chi connectivity index (χ0) is 14.5. The SMILES string of the molecule is O=C(O)CSCCNC(=O)c1cc(Cl)c2c(c1)OCO2. The van der Waals surface area contributed by atoms with E-state index < -0.39 is 5.97 Å². The van der Waals surface area contributed by atoms with Gasteiger partial charge in [0.05, 0.1) is 10.8 Å². The van der Waals surface area contributed by atoms with Gasteiger partial charge in [0, 0.05) is 17.9 Å². The average molecular weight is 318 g/mol. The Morgan fingerprint density at radius 3 is 2.95 bits per heavy atom. The third-order valence-corrected chi connectivity index (χ3v) is 3.67. The summed E-state index contributed by atoms with van der Waals surface area (Å²) >= 11 is 7.22. The van der Waals surface area contributed by atoms with Crippen molar-refractivity contribution < 1.29 is 24.2 Å². The van der Waals surface area contributed by atoms with Gasteiger partial charge in [-0.05, 0) is 12.1 Å². The number of aliphatic carboxylic acids is 1. The van der Waals surface area contributed by atoms with E-state index in [0.717, 1.165) is 0 Å². The fraction of sp³-hybridized carbons (Fsp3) is 0.333. The normalized spacial score (nSPS) is 12.2. The number of carboxylic acid groups (broad SMARTS) is 1. The number of carbonyl (C=O) groups excluding carboxylic acids is 1. The van der Waals surface area contributed by atoms with Crippen LogP contribution in [0.25, 0.3) is 0 Å². The molecule has 0 spiro atoms. The second-order valence-electron chi connectivity index (χ2n) is 3.89. The van der Waals surface area contributed by atoms with E-state index in [0.29, 0.717) is 34.4 Å². The highest BCUT2D eigenvalue weighted by Crippen LogP contribution is 2.39. The molecular weight excluding hydrogens is 306 g/mol. The molecule has 1 aliphatic heterocycles. The van der Waals surface area contributed by atoms with Crippen LogP contribution in [-0.2, 0) is 4.79 Å². The van der Waals surface area contributed by atoms with Gasteiger partial charge in [-0.15, -0.1) is 11.8 Å². The van der Waals surface area contributed by atoms with Crippen molar-refractivity contribution in [3.8, 4) is 11.5 Å². The molecule has 0 aliphatic carbocycles. The second kappa shape index (κ2) is 6.71. The first-order valence-corrected chi connectivity index (χ1v) is 7.28. The topological polar surface area (TPSA) is 84.9 Å². The number of halogens is 1. The Bertz CT molecular complexity index is 537. The number of fused-ring (bicyclic) bond motifs is 1. The molecule has 0 saturated heterocycles. The van der Waals surface area contributed by atoms with Crippen molar-refractivity contribution in [1.29, 1.82) is 0 Å². The monoisotopic (exact) mass is 317 g/mol. The van der Waals surface area contributed by atoms with Gasteiger partial charge in [0.15, 0.2) is 11.5 Å². The lowest BCUT2D eigenvalue weighted by atomic mass is 10.2. The van der Waals surface area contributed by atoms with Crippen LogP contribution in [0.4, 0.5) is 0 Å². The molecule has 0 radical (unpaired) electrons. The molecule has 1 heterocycles. The summed E-state index contributed by atoms with van der Waals surface area (Å²) in [5, 5.41) is 11.5. The van der Waals surface area contributed by atoms with Crippen LogP contribution < -0.4 is 14.8 Å². The Labute approximate surface area is 124 Å². The summed E-state index contributed by atoms with van der Waals surface area (Å²) in [6.45, 7) is 0.467. The molecule has 2 rings (SSSR count). The molecule has 0 fully saturated rings. The molecule has 1 aliphatic rings. The molecule has 6 nitrogen and oxygen atoms in total. The van der Waals surface area contributed by atoms with Crippen LogP contribution in [0.3, 0.4) is 0 Å². The van der Waals surface area contributed by atoms with E-state index in [1.54, 1.807) is 6.07 Å². The highest BCUT2D eigenvalue weighted by Gasteiger charge is 2.20. The molecule has 1 amide bonds. The van der Waals surface area contributed by atoms with Gasteiger partial charge in [-0.25, -0.2) is 0 Å². The van der Waals surface area contributed by atoms with Crippen molar-refractivity contribution in [2.75, 3.05) is 24.8 Å². The summed E-state index contributed by atoms with van der Waals surface area (Å²) in [5.41, 5.74) is 0.377. The summed E-state index contributed by atoms with van der Waals surface area (Å²) < 4.78 is 10.3. The zero-order valence-electron chi connectivity index (χ0n) is 10.3. The third kappa shape index (κ3) is 3.71. The van der Waals surface area contributed by atoms with E-state index in [4.69, 9.17) is 26.2 Å². The van der Waals surface area contributed by atoms with Crippen LogP contribution in [0.1, 0.15) is 10.4 Å². The lowest BCUT2D eigenvalue weighted by Crippen LogP contribution is -2.26. The highest BCUT2D eigenvalue weighted by molar-refractivity contribution is 7.99. The number of rotatable bonds is 6. The largest absolute Gasteiger partial charge is 0.481 e. The van der Waals surface area contributed by atoms with Crippen LogP contribution in [0.5, 0.6) is 11.5 Å². The van der Waals surface area contributed by atoms with E-state index in [1.165, 1.54) is 17.8 Å². The summed E-state index contributed by atoms with van der Waals surface area (Å²) in [5.74, 6) is 0.273. The maximum absolute atomic E-state index is 11.9. The molecule has 8 heteroatoms. The molecule has 1 aromatic rings. The number of ether oxygens (including phenoxy) is 2. The minimum atomic E-state index is -0.871. The number of benzene rings is 1. The fourth-order valence-corrected chi connectivity index (χ4v) is 2.43. The van der Waals surface area contributed by atoms with Gasteiger partial charge < -0.3 is 19.9 Å². The number of carboxylic acids is 1. The van der Waals surface area contributed by atoms with Gasteiger partial charge in [0.2, 0.25) is 6.79 Å². The summed E-state index contributed by atoms with van der Waals surface area (Å²) in [4.78, 5) is 22.2. The van der Waals surface area contributed by atoms with Gasteiger partial charge in [-0.1, -0.05) is 11.6 Å². The predicted molar refractivity (Wildman–Crippen MR) is 74.9 cm³/mol. The first-order valence-electron chi connectivity index (χ1n) is 5.75. The minimum absolute atomic E-state index is 0.0196. The third-order valence-electron chi connectivity index (χ3n) is 2.45. The molecule has 0 aromatic heterocycles. The van der Waals surface area contributed by atoms with Gasteiger partial charge in [0.25, 0.3) is 5.91 Å². The van der Waals surface area contributed by atoms with E-state index in [9.17, 15) is 9.59 Å². The minimum Gasteiger partial charge on any atom is -0.481 e.